The van der Waals surface area contributed by atoms with Crippen molar-refractivity contribution in [1.29, 1.82) is 5.26 Å². The molecule has 0 aliphatic heterocycles. The van der Waals surface area contributed by atoms with Gasteiger partial charge < -0.3 is 10.3 Å². The van der Waals surface area contributed by atoms with Gasteiger partial charge in [-0.15, -0.1) is 0 Å². The van der Waals surface area contributed by atoms with Crippen LogP contribution in [0.5, 0.6) is 0 Å². The van der Waals surface area contributed by atoms with Gasteiger partial charge in [-0.1, -0.05) is 18.0 Å². The third-order valence-electron chi connectivity index (χ3n) is 2.60. The first-order chi connectivity index (χ1) is 6.33. The largest absolute Gasteiger partial charge is 0.366 e. The second-order valence-corrected chi connectivity index (χ2v) is 3.40. The van der Waals surface area contributed by atoms with Crippen molar-refractivity contribution in [2.24, 2.45) is 0 Å². The molecule has 1 aromatic heterocycles. The van der Waals surface area contributed by atoms with Gasteiger partial charge in [0.1, 0.15) is 17.3 Å². The molecule has 1 aliphatic carbocycles. The maximum atomic E-state index is 8.82. The fraction of sp³-hybridized carbons (Fsp3) is 0.556. The molecule has 13 heavy (non-hydrogen) atoms. The van der Waals surface area contributed by atoms with Gasteiger partial charge in [-0.25, -0.2) is 0 Å². The predicted octanol–water partition coefficient (Wildman–Crippen LogP) is 1.79. The average Bonchev–Trinajstić information content (AvgIpc) is 2.71. The molecule has 1 heterocycles. The number of aromatic nitrogens is 1. The summed E-state index contributed by atoms with van der Waals surface area (Å²) in [6, 6.07) is 2.04. The van der Waals surface area contributed by atoms with E-state index < -0.39 is 0 Å². The van der Waals surface area contributed by atoms with Crippen molar-refractivity contribution in [2.45, 2.75) is 31.6 Å². The van der Waals surface area contributed by atoms with Gasteiger partial charge in [0.05, 0.1) is 0 Å². The highest BCUT2D eigenvalue weighted by atomic mass is 16.5. The minimum absolute atomic E-state index is 0.157. The summed E-state index contributed by atoms with van der Waals surface area (Å²) in [5, 5.41) is 12.7. The highest BCUT2D eigenvalue weighted by molar-refractivity contribution is 5.49. The van der Waals surface area contributed by atoms with Crippen LogP contribution in [0.25, 0.3) is 0 Å². The van der Waals surface area contributed by atoms with Crippen LogP contribution in [0, 0.1) is 11.3 Å². The number of hydrogen-bond acceptors (Lipinski definition) is 4. The summed E-state index contributed by atoms with van der Waals surface area (Å²) in [5.74, 6) is 0.542. The molecule has 2 N–H and O–H groups in total. The quantitative estimate of drug-likeness (QED) is 0.709. The molecule has 0 radical (unpaired) electrons. The van der Waals surface area contributed by atoms with Crippen molar-refractivity contribution in [1.82, 2.24) is 5.16 Å². The van der Waals surface area contributed by atoms with E-state index in [4.69, 9.17) is 15.5 Å². The molecule has 1 aromatic rings. The van der Waals surface area contributed by atoms with Gasteiger partial charge >= 0.3 is 0 Å². The Morgan fingerprint density at radius 3 is 2.77 bits per heavy atom. The summed E-state index contributed by atoms with van der Waals surface area (Å²) in [7, 11) is 0. The smallest absolute Gasteiger partial charge is 0.240 e. The Morgan fingerprint density at radius 2 is 2.15 bits per heavy atom. The van der Waals surface area contributed by atoms with Crippen LogP contribution >= 0.6 is 0 Å². The number of nitrogen functional groups attached to an aromatic ring is 1. The van der Waals surface area contributed by atoms with Crippen LogP contribution in [0.1, 0.15) is 42.9 Å². The van der Waals surface area contributed by atoms with Gasteiger partial charge in [-0.2, -0.15) is 5.26 Å². The zero-order valence-corrected chi connectivity index (χ0v) is 7.29. The second kappa shape index (κ2) is 3.09. The maximum absolute atomic E-state index is 8.82. The van der Waals surface area contributed by atoms with Crippen LogP contribution in [0.2, 0.25) is 0 Å². The van der Waals surface area contributed by atoms with E-state index in [0.717, 1.165) is 18.5 Å². The Morgan fingerprint density at radius 1 is 1.46 bits per heavy atom. The number of rotatable bonds is 1. The van der Waals surface area contributed by atoms with Crippen molar-refractivity contribution in [3.05, 3.63) is 11.3 Å². The second-order valence-electron chi connectivity index (χ2n) is 3.40. The van der Waals surface area contributed by atoms with Crippen LogP contribution in [-0.4, -0.2) is 5.16 Å². The normalized spacial score (nSPS) is 17.5. The molecule has 0 saturated heterocycles. The lowest BCUT2D eigenvalue weighted by molar-refractivity contribution is 0.420. The first-order valence-corrected chi connectivity index (χ1v) is 4.48. The topological polar surface area (TPSA) is 75.8 Å². The van der Waals surface area contributed by atoms with Gasteiger partial charge in [-0.3, -0.25) is 0 Å². The summed E-state index contributed by atoms with van der Waals surface area (Å²) < 4.78 is 4.80. The first kappa shape index (κ1) is 8.11. The maximum Gasteiger partial charge on any atom is 0.240 e. The van der Waals surface area contributed by atoms with Crippen molar-refractivity contribution in [3.63, 3.8) is 0 Å². The van der Waals surface area contributed by atoms with E-state index >= 15 is 0 Å². The lowest BCUT2D eigenvalue weighted by Gasteiger charge is -2.02. The van der Waals surface area contributed by atoms with Gasteiger partial charge in [0.25, 0.3) is 0 Å². The van der Waals surface area contributed by atoms with Crippen molar-refractivity contribution in [2.75, 3.05) is 5.73 Å². The Hall–Kier alpha value is -1.50. The molecule has 0 unspecified atom stereocenters. The molecule has 1 fully saturated rings. The highest BCUT2D eigenvalue weighted by Gasteiger charge is 2.25. The summed E-state index contributed by atoms with van der Waals surface area (Å²) in [4.78, 5) is 0. The fourth-order valence-corrected chi connectivity index (χ4v) is 1.91. The van der Waals surface area contributed by atoms with Crippen LogP contribution in [0.15, 0.2) is 4.52 Å². The number of nitriles is 1. The van der Waals surface area contributed by atoms with Crippen molar-refractivity contribution >= 4 is 5.88 Å². The van der Waals surface area contributed by atoms with Gasteiger partial charge in [-0.05, 0) is 12.8 Å². The minimum atomic E-state index is 0.157. The molecule has 1 saturated carbocycles. The standard InChI is InChI=1S/C9H11N3O/c10-5-7-8(12-13-9(7)11)6-3-1-2-4-6/h6H,1-4,11H2. The molecule has 0 bridgehead atoms. The van der Waals surface area contributed by atoms with Gasteiger partial charge in [0.2, 0.25) is 5.88 Å². The Bertz CT molecular complexity index is 344. The number of hydrogen-bond donors (Lipinski definition) is 1. The Balaban J connectivity index is 2.34. The van der Waals surface area contributed by atoms with E-state index in [9.17, 15) is 0 Å². The third kappa shape index (κ3) is 1.26. The molecule has 0 amide bonds. The summed E-state index contributed by atoms with van der Waals surface area (Å²) in [5.41, 5.74) is 6.67. The predicted molar refractivity (Wildman–Crippen MR) is 46.8 cm³/mol. The Kier molecular flexibility index (Phi) is 1.93. The minimum Gasteiger partial charge on any atom is -0.366 e. The lowest BCUT2D eigenvalue weighted by Crippen LogP contribution is -1.96. The number of anilines is 1. The van der Waals surface area contributed by atoms with E-state index in [0.29, 0.717) is 11.5 Å². The van der Waals surface area contributed by atoms with E-state index in [1.165, 1.54) is 12.8 Å². The number of nitrogens with zero attached hydrogens (tertiary/aromatic N) is 2. The third-order valence-corrected chi connectivity index (χ3v) is 2.60. The molecule has 4 heteroatoms. The number of nitrogens with two attached hydrogens (primary N) is 1. The van der Waals surface area contributed by atoms with Crippen LogP contribution in [0.3, 0.4) is 0 Å². The monoisotopic (exact) mass is 177 g/mol. The summed E-state index contributed by atoms with van der Waals surface area (Å²) in [6.07, 6.45) is 4.62. The average molecular weight is 177 g/mol. The van der Waals surface area contributed by atoms with Crippen molar-refractivity contribution in [3.8, 4) is 6.07 Å². The first-order valence-electron chi connectivity index (χ1n) is 4.48. The SMILES string of the molecule is N#Cc1c(C2CCCC2)noc1N. The zero-order chi connectivity index (χ0) is 9.26. The van der Waals surface area contributed by atoms with E-state index in [1.807, 2.05) is 6.07 Å². The van der Waals surface area contributed by atoms with E-state index in [-0.39, 0.29) is 5.88 Å². The summed E-state index contributed by atoms with van der Waals surface area (Å²) in [6.45, 7) is 0. The van der Waals surface area contributed by atoms with E-state index in [1.54, 1.807) is 0 Å². The Labute approximate surface area is 76.3 Å². The fourth-order valence-electron chi connectivity index (χ4n) is 1.91. The van der Waals surface area contributed by atoms with Crippen LogP contribution < -0.4 is 5.73 Å². The van der Waals surface area contributed by atoms with E-state index in [2.05, 4.69) is 5.16 Å². The molecule has 0 spiro atoms. The van der Waals surface area contributed by atoms with Crippen molar-refractivity contribution < 1.29 is 4.52 Å². The molecular formula is C9H11N3O. The molecule has 1 aliphatic rings. The molecule has 68 valence electrons. The molecular weight excluding hydrogens is 166 g/mol. The lowest BCUT2D eigenvalue weighted by atomic mass is 10.0. The zero-order valence-electron chi connectivity index (χ0n) is 7.29. The molecule has 0 aromatic carbocycles. The highest BCUT2D eigenvalue weighted by Crippen LogP contribution is 2.36. The molecule has 2 rings (SSSR count). The molecule has 0 atom stereocenters. The van der Waals surface area contributed by atoms with Gasteiger partial charge in [0.15, 0.2) is 0 Å². The van der Waals surface area contributed by atoms with Gasteiger partial charge in [0, 0.05) is 5.92 Å². The molecule has 4 nitrogen and oxygen atoms in total. The van der Waals surface area contributed by atoms with Crippen LogP contribution in [0.4, 0.5) is 5.88 Å². The summed E-state index contributed by atoms with van der Waals surface area (Å²) >= 11 is 0. The van der Waals surface area contributed by atoms with Crippen LogP contribution in [-0.2, 0) is 0 Å².